The lowest BCUT2D eigenvalue weighted by Crippen LogP contribution is -2.27. The minimum atomic E-state index is -0.611. The van der Waals surface area contributed by atoms with Crippen LogP contribution in [0.4, 0.5) is 11.4 Å². The summed E-state index contributed by atoms with van der Waals surface area (Å²) in [7, 11) is 1.58. The monoisotopic (exact) mass is 376 g/mol. The van der Waals surface area contributed by atoms with Crippen LogP contribution in [0.5, 0.6) is 5.75 Å². The first-order chi connectivity index (χ1) is 13.6. The van der Waals surface area contributed by atoms with Crippen LogP contribution in [0.2, 0.25) is 0 Å². The van der Waals surface area contributed by atoms with Gasteiger partial charge in [0.1, 0.15) is 11.8 Å². The normalized spacial score (nSPS) is 11.5. The first-order valence-corrected chi connectivity index (χ1v) is 9.07. The predicted molar refractivity (Wildman–Crippen MR) is 112 cm³/mol. The molecule has 3 rings (SSSR count). The van der Waals surface area contributed by atoms with Crippen molar-refractivity contribution in [2.75, 3.05) is 17.7 Å². The van der Waals surface area contributed by atoms with Crippen molar-refractivity contribution in [2.45, 2.75) is 19.6 Å². The van der Waals surface area contributed by atoms with E-state index in [4.69, 9.17) is 4.74 Å². The Hall–Kier alpha value is -3.31. The van der Waals surface area contributed by atoms with E-state index in [1.54, 1.807) is 7.11 Å². The van der Waals surface area contributed by atoms with E-state index in [1.807, 2.05) is 79.7 Å². The van der Waals surface area contributed by atoms with E-state index in [2.05, 4.69) is 10.6 Å². The van der Waals surface area contributed by atoms with Crippen LogP contribution >= 0.6 is 0 Å². The van der Waals surface area contributed by atoms with Gasteiger partial charge in [0.15, 0.2) is 0 Å². The first kappa shape index (κ1) is 19.5. The van der Waals surface area contributed by atoms with Crippen LogP contribution in [0.1, 0.15) is 22.7 Å². The van der Waals surface area contributed by atoms with Crippen LogP contribution in [0.3, 0.4) is 0 Å². The van der Waals surface area contributed by atoms with Crippen molar-refractivity contribution in [2.24, 2.45) is 0 Å². The molecule has 0 unspecified atom stereocenters. The maximum atomic E-state index is 13.2. The summed E-state index contributed by atoms with van der Waals surface area (Å²) in [5, 5.41) is 15.6. The maximum Gasteiger partial charge on any atom is 0.251 e. The number of methoxy groups -OCH3 is 1. The second kappa shape index (κ2) is 9.06. The van der Waals surface area contributed by atoms with Crippen molar-refractivity contribution in [3.05, 3.63) is 89.5 Å². The lowest BCUT2D eigenvalue weighted by Gasteiger charge is -2.21. The standard InChI is InChI=1S/C23H24N2O3/c1-16-11-12-21(28-2)20(13-16)25-23(27)22(18-8-4-3-5-9-18)24-19-10-6-7-17(14-19)15-26/h3-14,22,24,26H,15H2,1-2H3,(H,25,27)/t22-/m0/s1. The number of anilines is 2. The van der Waals surface area contributed by atoms with Gasteiger partial charge < -0.3 is 20.5 Å². The molecule has 0 radical (unpaired) electrons. The molecule has 1 amide bonds. The number of carbonyl (C=O) groups excluding carboxylic acids is 1. The van der Waals surface area contributed by atoms with Crippen molar-refractivity contribution in [1.82, 2.24) is 0 Å². The Kier molecular flexibility index (Phi) is 6.29. The van der Waals surface area contributed by atoms with Gasteiger partial charge in [0, 0.05) is 5.69 Å². The smallest absolute Gasteiger partial charge is 0.251 e. The fourth-order valence-corrected chi connectivity index (χ4v) is 3.00. The molecule has 0 aliphatic carbocycles. The molecular weight excluding hydrogens is 352 g/mol. The predicted octanol–water partition coefficient (Wildman–Crippen LogP) is 4.29. The molecule has 0 saturated heterocycles. The Morgan fingerprint density at radius 1 is 1.04 bits per heavy atom. The third kappa shape index (κ3) is 4.69. The summed E-state index contributed by atoms with van der Waals surface area (Å²) in [6.45, 7) is 1.90. The molecular formula is C23H24N2O3. The number of benzene rings is 3. The Labute approximate surface area is 165 Å². The summed E-state index contributed by atoms with van der Waals surface area (Å²) >= 11 is 0. The number of hydrogen-bond acceptors (Lipinski definition) is 4. The van der Waals surface area contributed by atoms with E-state index in [-0.39, 0.29) is 12.5 Å². The van der Waals surface area contributed by atoms with Gasteiger partial charge in [-0.25, -0.2) is 0 Å². The Bertz CT molecular complexity index is 942. The van der Waals surface area contributed by atoms with Gasteiger partial charge in [-0.15, -0.1) is 0 Å². The molecule has 0 saturated carbocycles. The Morgan fingerprint density at radius 3 is 2.54 bits per heavy atom. The van der Waals surface area contributed by atoms with Crippen molar-refractivity contribution in [3.63, 3.8) is 0 Å². The Balaban J connectivity index is 1.90. The number of aliphatic hydroxyl groups excluding tert-OH is 1. The van der Waals surface area contributed by atoms with E-state index in [1.165, 1.54) is 0 Å². The summed E-state index contributed by atoms with van der Waals surface area (Å²) in [4.78, 5) is 13.2. The van der Waals surface area contributed by atoms with Crippen LogP contribution in [0.25, 0.3) is 0 Å². The van der Waals surface area contributed by atoms with Crippen molar-refractivity contribution < 1.29 is 14.6 Å². The van der Waals surface area contributed by atoms with Crippen molar-refractivity contribution in [1.29, 1.82) is 0 Å². The first-order valence-electron chi connectivity index (χ1n) is 9.07. The lowest BCUT2D eigenvalue weighted by molar-refractivity contribution is -0.117. The summed E-state index contributed by atoms with van der Waals surface area (Å²) in [5.41, 5.74) is 4.01. The minimum absolute atomic E-state index is 0.0573. The van der Waals surface area contributed by atoms with Gasteiger partial charge in [-0.3, -0.25) is 4.79 Å². The number of carbonyl (C=O) groups is 1. The molecule has 3 aromatic carbocycles. The zero-order valence-electron chi connectivity index (χ0n) is 16.0. The molecule has 0 heterocycles. The molecule has 3 aromatic rings. The summed E-state index contributed by atoms with van der Waals surface area (Å²) in [6.07, 6.45) is 0. The largest absolute Gasteiger partial charge is 0.495 e. The molecule has 3 N–H and O–H groups in total. The topological polar surface area (TPSA) is 70.6 Å². The number of amides is 1. The van der Waals surface area contributed by atoms with Crippen LogP contribution in [-0.2, 0) is 11.4 Å². The summed E-state index contributed by atoms with van der Waals surface area (Å²) in [5.74, 6) is 0.401. The molecule has 144 valence electrons. The molecule has 0 spiro atoms. The SMILES string of the molecule is COc1ccc(C)cc1NC(=O)[C@@H](Nc1cccc(CO)c1)c1ccccc1. The molecule has 0 bridgehead atoms. The highest BCUT2D eigenvalue weighted by atomic mass is 16.5. The van der Waals surface area contributed by atoms with Crippen LogP contribution < -0.4 is 15.4 Å². The highest BCUT2D eigenvalue weighted by Crippen LogP contribution is 2.28. The average Bonchev–Trinajstić information content (AvgIpc) is 2.73. The number of hydrogen-bond donors (Lipinski definition) is 3. The van der Waals surface area contributed by atoms with E-state index in [0.29, 0.717) is 11.4 Å². The lowest BCUT2D eigenvalue weighted by atomic mass is 10.0. The molecule has 1 atom stereocenters. The van der Waals surface area contributed by atoms with E-state index >= 15 is 0 Å². The van der Waals surface area contributed by atoms with Crippen LogP contribution in [-0.4, -0.2) is 18.1 Å². The number of rotatable bonds is 7. The van der Waals surface area contributed by atoms with E-state index in [0.717, 1.165) is 22.4 Å². The number of ether oxygens (including phenoxy) is 1. The van der Waals surface area contributed by atoms with Gasteiger partial charge in [-0.1, -0.05) is 48.5 Å². The molecule has 0 aliphatic heterocycles. The van der Waals surface area contributed by atoms with Crippen LogP contribution in [0, 0.1) is 6.92 Å². The van der Waals surface area contributed by atoms with Crippen molar-refractivity contribution in [3.8, 4) is 5.75 Å². The zero-order valence-corrected chi connectivity index (χ0v) is 16.0. The van der Waals surface area contributed by atoms with Gasteiger partial charge in [0.05, 0.1) is 19.4 Å². The highest BCUT2D eigenvalue weighted by Gasteiger charge is 2.22. The van der Waals surface area contributed by atoms with Gasteiger partial charge >= 0.3 is 0 Å². The van der Waals surface area contributed by atoms with Gasteiger partial charge in [-0.2, -0.15) is 0 Å². The molecule has 0 aromatic heterocycles. The average molecular weight is 376 g/mol. The fourth-order valence-electron chi connectivity index (χ4n) is 3.00. The molecule has 0 aliphatic rings. The van der Waals surface area contributed by atoms with Crippen molar-refractivity contribution >= 4 is 17.3 Å². The maximum absolute atomic E-state index is 13.2. The minimum Gasteiger partial charge on any atom is -0.495 e. The second-order valence-corrected chi connectivity index (χ2v) is 6.54. The third-order valence-electron chi connectivity index (χ3n) is 4.43. The van der Waals surface area contributed by atoms with Crippen LogP contribution in [0.15, 0.2) is 72.8 Å². The van der Waals surface area contributed by atoms with Gasteiger partial charge in [0.2, 0.25) is 0 Å². The number of aliphatic hydroxyl groups is 1. The number of nitrogens with one attached hydrogen (secondary N) is 2. The van der Waals surface area contributed by atoms with Gasteiger partial charge in [-0.05, 0) is 47.9 Å². The quantitative estimate of drug-likeness (QED) is 0.575. The third-order valence-corrected chi connectivity index (χ3v) is 4.43. The zero-order chi connectivity index (χ0) is 19.9. The van der Waals surface area contributed by atoms with Gasteiger partial charge in [0.25, 0.3) is 5.91 Å². The molecule has 0 fully saturated rings. The fraction of sp³-hybridized carbons (Fsp3) is 0.174. The highest BCUT2D eigenvalue weighted by molar-refractivity contribution is 5.98. The van der Waals surface area contributed by atoms with E-state index in [9.17, 15) is 9.90 Å². The molecule has 5 nitrogen and oxygen atoms in total. The second-order valence-electron chi connectivity index (χ2n) is 6.54. The van der Waals surface area contributed by atoms with E-state index < -0.39 is 6.04 Å². The summed E-state index contributed by atoms with van der Waals surface area (Å²) in [6, 6.07) is 21.9. The summed E-state index contributed by atoms with van der Waals surface area (Å²) < 4.78 is 5.37. The Morgan fingerprint density at radius 2 is 1.82 bits per heavy atom. The molecule has 28 heavy (non-hydrogen) atoms. The molecule has 5 heteroatoms. The number of aryl methyl sites for hydroxylation is 1.